The van der Waals surface area contributed by atoms with Crippen LogP contribution in [0.5, 0.6) is 5.75 Å². The molecule has 0 heterocycles. The molecule has 1 amide bonds. The summed E-state index contributed by atoms with van der Waals surface area (Å²) < 4.78 is 5.66. The fraction of sp³-hybridized carbons (Fsp3) is 0.680. The molecule has 1 aromatic carbocycles. The Morgan fingerprint density at radius 3 is 1.80 bits per heavy atom. The Bertz CT molecular complexity index is 571. The quantitative estimate of drug-likeness (QED) is 0.256. The van der Waals surface area contributed by atoms with Gasteiger partial charge in [0.15, 0.2) is 0 Å². The number of aromatic carboxylic acids is 1. The van der Waals surface area contributed by atoms with Crippen molar-refractivity contribution in [2.24, 2.45) is 0 Å². The van der Waals surface area contributed by atoms with E-state index in [1.165, 1.54) is 64.2 Å². The second-order valence-electron chi connectivity index (χ2n) is 8.02. The van der Waals surface area contributed by atoms with Gasteiger partial charge in [0.25, 0.3) is 0 Å². The highest BCUT2D eigenvalue weighted by Gasteiger charge is 2.02. The van der Waals surface area contributed by atoms with Crippen molar-refractivity contribution in [1.82, 2.24) is 5.32 Å². The summed E-state index contributed by atoms with van der Waals surface area (Å²) in [4.78, 5) is 22.3. The molecule has 0 saturated carbocycles. The van der Waals surface area contributed by atoms with Crippen LogP contribution in [-0.2, 0) is 4.79 Å². The predicted molar refractivity (Wildman–Crippen MR) is 122 cm³/mol. The molecule has 0 aliphatic rings. The number of carbonyl (C=O) groups is 2. The summed E-state index contributed by atoms with van der Waals surface area (Å²) in [6.45, 7) is 3.56. The van der Waals surface area contributed by atoms with Crippen molar-refractivity contribution in [2.45, 2.75) is 96.8 Å². The highest BCUT2D eigenvalue weighted by molar-refractivity contribution is 5.87. The Balaban J connectivity index is 1.80. The minimum Gasteiger partial charge on any atom is -0.494 e. The van der Waals surface area contributed by atoms with Gasteiger partial charge in [-0.2, -0.15) is 0 Å². The first-order chi connectivity index (χ1) is 14.6. The van der Waals surface area contributed by atoms with Crippen LogP contribution in [0, 0.1) is 0 Å². The van der Waals surface area contributed by atoms with Crippen molar-refractivity contribution < 1.29 is 19.4 Å². The number of hydrogen-bond donors (Lipinski definition) is 2. The molecule has 0 saturated heterocycles. The molecule has 0 unspecified atom stereocenters. The third-order valence-corrected chi connectivity index (χ3v) is 5.24. The summed E-state index contributed by atoms with van der Waals surface area (Å²) in [6, 6.07) is 6.58. The van der Waals surface area contributed by atoms with Crippen LogP contribution in [0.3, 0.4) is 0 Å². The molecule has 0 aliphatic heterocycles. The maximum atomic E-state index is 11.5. The maximum absolute atomic E-state index is 11.5. The summed E-state index contributed by atoms with van der Waals surface area (Å²) in [5, 5.41) is 11.8. The largest absolute Gasteiger partial charge is 0.494 e. The molecule has 0 aromatic heterocycles. The number of amides is 1. The molecule has 0 bridgehead atoms. The second-order valence-corrected chi connectivity index (χ2v) is 8.02. The molecule has 5 nitrogen and oxygen atoms in total. The van der Waals surface area contributed by atoms with Gasteiger partial charge in [-0.05, 0) is 43.5 Å². The third kappa shape index (κ3) is 14.0. The molecular formula is C25H41NO4. The fourth-order valence-corrected chi connectivity index (χ4v) is 3.39. The summed E-state index contributed by atoms with van der Waals surface area (Å²) in [7, 11) is 0. The number of carboxylic acid groups (broad SMARTS) is 1. The van der Waals surface area contributed by atoms with Crippen molar-refractivity contribution in [1.29, 1.82) is 0 Å². The molecule has 0 spiro atoms. The molecule has 0 radical (unpaired) electrons. The van der Waals surface area contributed by atoms with Crippen LogP contribution in [0.2, 0.25) is 0 Å². The summed E-state index contributed by atoms with van der Waals surface area (Å²) in [6.07, 6.45) is 16.5. The van der Waals surface area contributed by atoms with Crippen molar-refractivity contribution in [3.05, 3.63) is 29.8 Å². The van der Waals surface area contributed by atoms with Crippen LogP contribution in [-0.4, -0.2) is 30.1 Å². The van der Waals surface area contributed by atoms with E-state index in [9.17, 15) is 9.59 Å². The van der Waals surface area contributed by atoms with Gasteiger partial charge in [-0.3, -0.25) is 4.79 Å². The van der Waals surface area contributed by atoms with Gasteiger partial charge < -0.3 is 15.2 Å². The molecule has 5 heteroatoms. The molecule has 30 heavy (non-hydrogen) atoms. The van der Waals surface area contributed by atoms with Crippen LogP contribution >= 0.6 is 0 Å². The minimum atomic E-state index is -0.912. The Morgan fingerprint density at radius 1 is 0.800 bits per heavy atom. The zero-order valence-corrected chi connectivity index (χ0v) is 18.8. The van der Waals surface area contributed by atoms with E-state index in [2.05, 4.69) is 12.2 Å². The fourth-order valence-electron chi connectivity index (χ4n) is 3.39. The molecule has 1 aromatic rings. The van der Waals surface area contributed by atoms with Gasteiger partial charge in [-0.1, -0.05) is 71.1 Å². The molecule has 0 fully saturated rings. The van der Waals surface area contributed by atoms with E-state index in [1.54, 1.807) is 24.3 Å². The molecule has 0 atom stereocenters. The maximum Gasteiger partial charge on any atom is 0.335 e. The summed E-state index contributed by atoms with van der Waals surface area (Å²) >= 11 is 0. The van der Waals surface area contributed by atoms with Crippen molar-refractivity contribution in [3.63, 3.8) is 0 Å². The smallest absolute Gasteiger partial charge is 0.335 e. The number of carboxylic acids is 1. The average Bonchev–Trinajstić information content (AvgIpc) is 2.75. The van der Waals surface area contributed by atoms with Crippen LogP contribution in [0.4, 0.5) is 0 Å². The van der Waals surface area contributed by atoms with Crippen LogP contribution in [0.15, 0.2) is 24.3 Å². The average molecular weight is 420 g/mol. The lowest BCUT2D eigenvalue weighted by atomic mass is 10.0. The molecule has 0 aliphatic carbocycles. The number of hydrogen-bond acceptors (Lipinski definition) is 3. The van der Waals surface area contributed by atoms with Gasteiger partial charge in [0.1, 0.15) is 5.75 Å². The highest BCUT2D eigenvalue weighted by atomic mass is 16.5. The van der Waals surface area contributed by atoms with E-state index in [0.29, 0.717) is 13.0 Å². The van der Waals surface area contributed by atoms with E-state index >= 15 is 0 Å². The standard InChI is InChI=1S/C25H41NO4/c1-2-20-26-24(27)15-13-11-9-7-5-3-4-6-8-10-12-14-21-30-23-18-16-22(17-19-23)25(28)29/h16-19H,2-15,20-21H2,1H3,(H,26,27)(H,28,29). The van der Waals surface area contributed by atoms with Gasteiger partial charge in [-0.25, -0.2) is 4.79 Å². The molecular weight excluding hydrogens is 378 g/mol. The van der Waals surface area contributed by atoms with E-state index in [4.69, 9.17) is 9.84 Å². The van der Waals surface area contributed by atoms with Crippen molar-refractivity contribution in [2.75, 3.05) is 13.2 Å². The topological polar surface area (TPSA) is 75.6 Å². The van der Waals surface area contributed by atoms with Gasteiger partial charge >= 0.3 is 5.97 Å². The Morgan fingerprint density at radius 2 is 1.30 bits per heavy atom. The van der Waals surface area contributed by atoms with Crippen molar-refractivity contribution in [3.8, 4) is 5.75 Å². The third-order valence-electron chi connectivity index (χ3n) is 5.24. The predicted octanol–water partition coefficient (Wildman–Crippen LogP) is 6.36. The lowest BCUT2D eigenvalue weighted by Gasteiger charge is -2.06. The van der Waals surface area contributed by atoms with E-state index in [-0.39, 0.29) is 11.5 Å². The molecule has 2 N–H and O–H groups in total. The Kier molecular flexibility index (Phi) is 15.4. The monoisotopic (exact) mass is 419 g/mol. The molecule has 170 valence electrons. The van der Waals surface area contributed by atoms with Gasteiger partial charge in [0.2, 0.25) is 5.91 Å². The second kappa shape index (κ2) is 17.8. The van der Waals surface area contributed by atoms with E-state index in [0.717, 1.165) is 31.6 Å². The van der Waals surface area contributed by atoms with Crippen LogP contribution < -0.4 is 10.1 Å². The lowest BCUT2D eigenvalue weighted by Crippen LogP contribution is -2.23. The minimum absolute atomic E-state index is 0.206. The normalized spacial score (nSPS) is 10.7. The lowest BCUT2D eigenvalue weighted by molar-refractivity contribution is -0.121. The number of unbranched alkanes of at least 4 members (excludes halogenated alkanes) is 11. The molecule has 1 rings (SSSR count). The number of ether oxygens (including phenoxy) is 1. The van der Waals surface area contributed by atoms with Crippen LogP contribution in [0.25, 0.3) is 0 Å². The Hall–Kier alpha value is -2.04. The zero-order valence-electron chi connectivity index (χ0n) is 18.8. The van der Waals surface area contributed by atoms with Crippen molar-refractivity contribution >= 4 is 11.9 Å². The highest BCUT2D eigenvalue weighted by Crippen LogP contribution is 2.14. The van der Waals surface area contributed by atoms with E-state index in [1.807, 2.05) is 0 Å². The number of benzene rings is 1. The summed E-state index contributed by atoms with van der Waals surface area (Å²) in [5.41, 5.74) is 0.286. The SMILES string of the molecule is CCCNC(=O)CCCCCCCCCCCCCCOc1ccc(C(=O)O)cc1. The first-order valence-electron chi connectivity index (χ1n) is 11.9. The first kappa shape index (κ1) is 26.0. The number of rotatable bonds is 19. The first-order valence-corrected chi connectivity index (χ1v) is 11.9. The van der Waals surface area contributed by atoms with Gasteiger partial charge in [0.05, 0.1) is 12.2 Å². The number of nitrogens with one attached hydrogen (secondary N) is 1. The van der Waals surface area contributed by atoms with Gasteiger partial charge in [0, 0.05) is 13.0 Å². The zero-order chi connectivity index (χ0) is 21.9. The number of carbonyl (C=O) groups excluding carboxylic acids is 1. The Labute approximate surface area is 182 Å². The van der Waals surface area contributed by atoms with E-state index < -0.39 is 5.97 Å². The van der Waals surface area contributed by atoms with Crippen LogP contribution in [0.1, 0.15) is 107 Å². The summed E-state index contributed by atoms with van der Waals surface area (Å²) in [5.74, 6) is 0.0303. The van der Waals surface area contributed by atoms with Gasteiger partial charge in [-0.15, -0.1) is 0 Å².